The summed E-state index contributed by atoms with van der Waals surface area (Å²) in [6, 6.07) is 2.71. The number of hydrogen-bond donors (Lipinski definition) is 1. The van der Waals surface area contributed by atoms with Gasteiger partial charge in [0.25, 0.3) is 5.91 Å². The summed E-state index contributed by atoms with van der Waals surface area (Å²) in [6.45, 7) is 6.34. The molecule has 2 aliphatic heterocycles. The minimum atomic E-state index is -4.40. The molecule has 9 heteroatoms. The second kappa shape index (κ2) is 7.84. The number of carbonyl (C=O) groups excluding carboxylic acids is 1. The van der Waals surface area contributed by atoms with Gasteiger partial charge in [0.2, 0.25) is 0 Å². The second-order valence-electron chi connectivity index (χ2n) is 9.51. The number of fused-ring (bicyclic) bond motifs is 1. The number of carbonyl (C=O) groups is 1. The first kappa shape index (κ1) is 21.6. The molecule has 0 aromatic carbocycles. The van der Waals surface area contributed by atoms with Gasteiger partial charge < -0.3 is 10.2 Å². The van der Waals surface area contributed by atoms with Crippen molar-refractivity contribution >= 4 is 11.7 Å². The molecule has 1 fully saturated rings. The number of pyridine rings is 1. The number of amides is 1. The molecule has 168 valence electrons. The Morgan fingerprint density at radius 3 is 2.65 bits per heavy atom. The third kappa shape index (κ3) is 4.27. The molecule has 0 bridgehead atoms. The van der Waals surface area contributed by atoms with Crippen molar-refractivity contribution in [3.8, 4) is 0 Å². The van der Waals surface area contributed by atoms with Crippen molar-refractivity contribution in [2.75, 3.05) is 11.9 Å². The zero-order valence-corrected chi connectivity index (χ0v) is 18.0. The molecule has 0 saturated carbocycles. The summed E-state index contributed by atoms with van der Waals surface area (Å²) in [5.74, 6) is 0.194. The normalized spacial score (nSPS) is 24.5. The lowest BCUT2D eigenvalue weighted by atomic mass is 9.82. The van der Waals surface area contributed by atoms with Crippen LogP contribution in [0.3, 0.4) is 0 Å². The van der Waals surface area contributed by atoms with Crippen molar-refractivity contribution in [2.45, 2.75) is 70.8 Å². The van der Waals surface area contributed by atoms with Crippen LogP contribution < -0.4 is 5.32 Å². The molecule has 1 saturated heterocycles. The quantitative estimate of drug-likeness (QED) is 0.723. The summed E-state index contributed by atoms with van der Waals surface area (Å²) in [5, 5.41) is 7.65. The predicted molar refractivity (Wildman–Crippen MR) is 111 cm³/mol. The van der Waals surface area contributed by atoms with E-state index in [-0.39, 0.29) is 29.8 Å². The minimum absolute atomic E-state index is 0.0792. The van der Waals surface area contributed by atoms with Gasteiger partial charge in [-0.05, 0) is 43.2 Å². The summed E-state index contributed by atoms with van der Waals surface area (Å²) < 4.78 is 42.8. The van der Waals surface area contributed by atoms with E-state index in [0.717, 1.165) is 17.5 Å². The van der Waals surface area contributed by atoms with Crippen LogP contribution >= 0.6 is 0 Å². The molecular weight excluding hydrogens is 407 g/mol. The van der Waals surface area contributed by atoms with Crippen LogP contribution in [0.25, 0.3) is 0 Å². The van der Waals surface area contributed by atoms with Crippen LogP contribution in [0.1, 0.15) is 74.6 Å². The lowest BCUT2D eigenvalue weighted by Crippen LogP contribution is -2.44. The number of anilines is 1. The van der Waals surface area contributed by atoms with Gasteiger partial charge in [-0.15, -0.1) is 0 Å². The summed E-state index contributed by atoms with van der Waals surface area (Å²) in [7, 11) is 0. The summed E-state index contributed by atoms with van der Waals surface area (Å²) in [5.41, 5.74) is 0.632. The summed E-state index contributed by atoms with van der Waals surface area (Å²) in [4.78, 5) is 18.8. The first-order valence-electron chi connectivity index (χ1n) is 10.7. The number of rotatable bonds is 2. The highest BCUT2D eigenvalue weighted by atomic mass is 19.4. The molecule has 2 aromatic rings. The van der Waals surface area contributed by atoms with Gasteiger partial charge in [-0.2, -0.15) is 18.3 Å². The Bertz CT molecular complexity index is 935. The van der Waals surface area contributed by atoms with Gasteiger partial charge in [0.15, 0.2) is 6.04 Å². The molecule has 1 unspecified atom stereocenters. The minimum Gasteiger partial charge on any atom is -0.367 e. The van der Waals surface area contributed by atoms with E-state index in [1.807, 2.05) is 20.8 Å². The third-order valence-corrected chi connectivity index (χ3v) is 6.27. The van der Waals surface area contributed by atoms with E-state index in [9.17, 15) is 18.0 Å². The number of nitrogens with one attached hydrogen (secondary N) is 1. The molecule has 2 aliphatic rings. The van der Waals surface area contributed by atoms with Gasteiger partial charge in [-0.1, -0.05) is 20.8 Å². The Balaban J connectivity index is 1.69. The molecule has 4 heterocycles. The fourth-order valence-corrected chi connectivity index (χ4v) is 4.46. The van der Waals surface area contributed by atoms with E-state index < -0.39 is 12.2 Å². The van der Waals surface area contributed by atoms with E-state index in [0.29, 0.717) is 30.0 Å². The van der Waals surface area contributed by atoms with Crippen LogP contribution in [0, 0.1) is 5.41 Å². The Morgan fingerprint density at radius 2 is 2.00 bits per heavy atom. The zero-order valence-electron chi connectivity index (χ0n) is 18.0. The van der Waals surface area contributed by atoms with E-state index in [2.05, 4.69) is 15.4 Å². The van der Waals surface area contributed by atoms with Crippen LogP contribution in [0.4, 0.5) is 19.0 Å². The molecule has 6 nitrogen and oxygen atoms in total. The molecule has 4 rings (SSSR count). The van der Waals surface area contributed by atoms with Crippen LogP contribution in [-0.2, 0) is 0 Å². The number of alkyl halides is 3. The average molecular weight is 435 g/mol. The van der Waals surface area contributed by atoms with Crippen molar-refractivity contribution in [1.29, 1.82) is 0 Å². The highest BCUT2D eigenvalue weighted by Crippen LogP contribution is 2.44. The van der Waals surface area contributed by atoms with E-state index in [1.54, 1.807) is 29.3 Å². The van der Waals surface area contributed by atoms with Gasteiger partial charge in [-0.25, -0.2) is 4.68 Å². The van der Waals surface area contributed by atoms with Gasteiger partial charge >= 0.3 is 6.18 Å². The fraction of sp³-hybridized carbons (Fsp3) is 0.591. The van der Waals surface area contributed by atoms with E-state index in [4.69, 9.17) is 0 Å². The molecular formula is C22H28F3N5O. The molecule has 31 heavy (non-hydrogen) atoms. The van der Waals surface area contributed by atoms with Crippen molar-refractivity contribution in [3.05, 3.63) is 41.9 Å². The molecule has 1 amide bonds. The van der Waals surface area contributed by atoms with E-state index in [1.165, 1.54) is 6.20 Å². The maximum atomic E-state index is 13.9. The number of halogens is 3. The van der Waals surface area contributed by atoms with Gasteiger partial charge in [0.05, 0.1) is 17.3 Å². The Kier molecular flexibility index (Phi) is 5.47. The summed E-state index contributed by atoms with van der Waals surface area (Å²) >= 11 is 0. The average Bonchev–Trinajstić information content (AvgIpc) is 3.16. The first-order valence-corrected chi connectivity index (χ1v) is 10.7. The van der Waals surface area contributed by atoms with Crippen molar-refractivity contribution in [3.63, 3.8) is 0 Å². The number of hydrogen-bond acceptors (Lipinski definition) is 4. The lowest BCUT2D eigenvalue weighted by Gasteiger charge is -2.39. The lowest BCUT2D eigenvalue weighted by molar-refractivity contribution is -0.175. The molecule has 2 aromatic heterocycles. The maximum absolute atomic E-state index is 13.9. The van der Waals surface area contributed by atoms with Crippen LogP contribution in [-0.4, -0.2) is 44.3 Å². The number of piperidine rings is 1. The van der Waals surface area contributed by atoms with Crippen molar-refractivity contribution in [2.24, 2.45) is 5.41 Å². The topological polar surface area (TPSA) is 63.1 Å². The Labute approximate surface area is 179 Å². The number of likely N-dealkylation sites (tertiary alicyclic amines) is 1. The second-order valence-corrected chi connectivity index (χ2v) is 9.51. The smallest absolute Gasteiger partial charge is 0.367 e. The van der Waals surface area contributed by atoms with E-state index >= 15 is 0 Å². The SMILES string of the molecule is CC(C)(C)[C@@H]1C[C@H](C(F)(F)F)n2nc(C3CCCCN3C(=O)c3cccnc3)cc2N1. The van der Waals surface area contributed by atoms with Crippen LogP contribution in [0.2, 0.25) is 0 Å². The van der Waals surface area contributed by atoms with Crippen molar-refractivity contribution in [1.82, 2.24) is 19.7 Å². The Morgan fingerprint density at radius 1 is 1.23 bits per heavy atom. The fourth-order valence-electron chi connectivity index (χ4n) is 4.46. The maximum Gasteiger partial charge on any atom is 0.410 e. The monoisotopic (exact) mass is 435 g/mol. The van der Waals surface area contributed by atoms with Crippen LogP contribution in [0.15, 0.2) is 30.6 Å². The molecule has 0 spiro atoms. The molecule has 3 atom stereocenters. The summed E-state index contributed by atoms with van der Waals surface area (Å²) in [6.07, 6.45) is 1.05. The highest BCUT2D eigenvalue weighted by Gasteiger charge is 2.48. The molecule has 1 N–H and O–H groups in total. The molecule has 0 aliphatic carbocycles. The third-order valence-electron chi connectivity index (χ3n) is 6.27. The largest absolute Gasteiger partial charge is 0.410 e. The number of nitrogens with zero attached hydrogens (tertiary/aromatic N) is 4. The highest BCUT2D eigenvalue weighted by molar-refractivity contribution is 5.94. The number of aromatic nitrogens is 3. The van der Waals surface area contributed by atoms with Gasteiger partial charge in [-0.3, -0.25) is 9.78 Å². The standard InChI is InChI=1S/C22H28F3N5O/c1-21(2,3)17-12-18(22(23,24)25)30-19(27-17)11-15(28-30)16-8-4-5-10-29(16)20(31)14-7-6-9-26-13-14/h6-7,9,11,13,16-18,27H,4-5,8,10,12H2,1-3H3/t16?,17-,18+/m0/s1. The van der Waals surface area contributed by atoms with Gasteiger partial charge in [0, 0.05) is 31.0 Å². The van der Waals surface area contributed by atoms with Crippen LogP contribution in [0.5, 0.6) is 0 Å². The zero-order chi connectivity index (χ0) is 22.4. The van der Waals surface area contributed by atoms with Crippen molar-refractivity contribution < 1.29 is 18.0 Å². The molecule has 0 radical (unpaired) electrons. The Hall–Kier alpha value is -2.58. The first-order chi connectivity index (χ1) is 14.6. The predicted octanol–water partition coefficient (Wildman–Crippen LogP) is 4.98. The van der Waals surface area contributed by atoms with Gasteiger partial charge in [0.1, 0.15) is 5.82 Å².